The van der Waals surface area contributed by atoms with Crippen molar-refractivity contribution >= 4 is 35.0 Å². The third kappa shape index (κ3) is 3.39. The first-order valence-electron chi connectivity index (χ1n) is 8.06. The molecule has 0 spiro atoms. The van der Waals surface area contributed by atoms with Crippen LogP contribution in [0, 0.1) is 0 Å². The Bertz CT molecular complexity index is 803. The van der Waals surface area contributed by atoms with Crippen LogP contribution < -0.4 is 10.2 Å². The third-order valence-corrected chi connectivity index (χ3v) is 4.94. The molecule has 3 rings (SSSR count). The maximum atomic E-state index is 12.8. The van der Waals surface area contributed by atoms with E-state index in [2.05, 4.69) is 15.5 Å². The molecule has 2 amide bonds. The molecule has 0 unspecified atom stereocenters. The van der Waals surface area contributed by atoms with Crippen LogP contribution in [0.25, 0.3) is 0 Å². The largest absolute Gasteiger partial charge is 0.339 e. The molecule has 0 fully saturated rings. The second-order valence-electron chi connectivity index (χ2n) is 6.21. The first kappa shape index (κ1) is 17.5. The Balaban J connectivity index is 1.72. The summed E-state index contributed by atoms with van der Waals surface area (Å²) in [5.41, 5.74) is 0.412. The summed E-state index contributed by atoms with van der Waals surface area (Å²) < 4.78 is 5.06. The summed E-state index contributed by atoms with van der Waals surface area (Å²) in [5, 5.41) is 6.73. The van der Waals surface area contributed by atoms with E-state index in [9.17, 15) is 9.59 Å². The van der Waals surface area contributed by atoms with Gasteiger partial charge in [-0.15, -0.1) is 11.8 Å². The monoisotopic (exact) mass is 360 g/mol. The zero-order chi connectivity index (χ0) is 18.0. The Morgan fingerprint density at radius 1 is 1.36 bits per heavy atom. The van der Waals surface area contributed by atoms with Crippen molar-refractivity contribution in [3.63, 3.8) is 0 Å². The number of anilines is 2. The zero-order valence-corrected chi connectivity index (χ0v) is 15.2. The molecule has 8 heteroatoms. The molecule has 132 valence electrons. The fraction of sp³-hybridized carbons (Fsp3) is 0.412. The molecular formula is C17H20N4O3S. The lowest BCUT2D eigenvalue weighted by Crippen LogP contribution is -2.58. The van der Waals surface area contributed by atoms with Crippen LogP contribution >= 0.6 is 11.8 Å². The lowest BCUT2D eigenvalue weighted by atomic mass is 9.96. The number of benzene rings is 1. The van der Waals surface area contributed by atoms with Gasteiger partial charge in [-0.1, -0.05) is 24.2 Å². The second-order valence-corrected chi connectivity index (χ2v) is 7.20. The molecule has 1 aromatic heterocycles. The molecule has 0 radical (unpaired) electrons. The minimum atomic E-state index is -0.951. The van der Waals surface area contributed by atoms with Gasteiger partial charge >= 0.3 is 0 Å². The number of rotatable bonds is 5. The molecule has 1 aromatic carbocycles. The maximum absolute atomic E-state index is 12.8. The van der Waals surface area contributed by atoms with Gasteiger partial charge in [-0.3, -0.25) is 14.5 Å². The summed E-state index contributed by atoms with van der Waals surface area (Å²) in [5.74, 6) is 1.54. The number of hydrogen-bond acceptors (Lipinski definition) is 6. The molecule has 1 aliphatic heterocycles. The fourth-order valence-electron chi connectivity index (χ4n) is 2.68. The predicted molar refractivity (Wildman–Crippen MR) is 96.5 cm³/mol. The van der Waals surface area contributed by atoms with E-state index in [1.165, 1.54) is 11.8 Å². The van der Waals surface area contributed by atoms with E-state index < -0.39 is 5.54 Å². The van der Waals surface area contributed by atoms with Gasteiger partial charge in [-0.25, -0.2) is 0 Å². The number of para-hydroxylation sites is 2. The number of amides is 2. The highest BCUT2D eigenvalue weighted by atomic mass is 32.2. The Morgan fingerprint density at radius 3 is 2.84 bits per heavy atom. The standard InChI is InChI=1S/C17H20N4O3S/c1-4-14-19-13(20-24-14)9-25-10-15(22)21-12-8-6-5-7-11(12)18-16(23)17(21,2)3/h5-8H,4,9-10H2,1-3H3,(H,18,23). The summed E-state index contributed by atoms with van der Waals surface area (Å²) in [6, 6.07) is 7.31. The molecule has 1 N–H and O–H groups in total. The quantitative estimate of drug-likeness (QED) is 0.882. The summed E-state index contributed by atoms with van der Waals surface area (Å²) in [7, 11) is 0. The number of aryl methyl sites for hydroxylation is 1. The van der Waals surface area contributed by atoms with Crippen molar-refractivity contribution in [1.82, 2.24) is 10.1 Å². The second kappa shape index (κ2) is 6.87. The highest BCUT2D eigenvalue weighted by molar-refractivity contribution is 7.99. The first-order valence-corrected chi connectivity index (χ1v) is 9.21. The summed E-state index contributed by atoms with van der Waals surface area (Å²) in [6.07, 6.45) is 0.685. The van der Waals surface area contributed by atoms with Gasteiger partial charge in [0, 0.05) is 6.42 Å². The van der Waals surface area contributed by atoms with Gasteiger partial charge in [-0.2, -0.15) is 4.98 Å². The van der Waals surface area contributed by atoms with Crippen LogP contribution in [-0.2, 0) is 21.8 Å². The van der Waals surface area contributed by atoms with Crippen LogP contribution in [0.15, 0.2) is 28.8 Å². The van der Waals surface area contributed by atoms with Gasteiger partial charge in [0.05, 0.1) is 22.9 Å². The Morgan fingerprint density at radius 2 is 2.12 bits per heavy atom. The Hall–Kier alpha value is -2.35. The lowest BCUT2D eigenvalue weighted by Gasteiger charge is -2.42. The van der Waals surface area contributed by atoms with E-state index in [1.807, 2.05) is 25.1 Å². The van der Waals surface area contributed by atoms with Gasteiger partial charge in [0.1, 0.15) is 5.54 Å². The summed E-state index contributed by atoms with van der Waals surface area (Å²) in [4.78, 5) is 31.0. The SMILES string of the molecule is CCc1nc(CSCC(=O)N2c3ccccc3NC(=O)C2(C)C)no1. The highest BCUT2D eigenvalue weighted by Crippen LogP contribution is 2.37. The van der Waals surface area contributed by atoms with Crippen molar-refractivity contribution < 1.29 is 14.1 Å². The van der Waals surface area contributed by atoms with Crippen molar-refractivity contribution in [3.05, 3.63) is 36.0 Å². The number of fused-ring (bicyclic) bond motifs is 1. The predicted octanol–water partition coefficient (Wildman–Crippen LogP) is 2.63. The molecule has 7 nitrogen and oxygen atoms in total. The summed E-state index contributed by atoms with van der Waals surface area (Å²) >= 11 is 1.40. The average molecular weight is 360 g/mol. The molecular weight excluding hydrogens is 340 g/mol. The Kier molecular flexibility index (Phi) is 4.80. The molecule has 2 heterocycles. The smallest absolute Gasteiger partial charge is 0.250 e. The van der Waals surface area contributed by atoms with Crippen molar-refractivity contribution in [3.8, 4) is 0 Å². The van der Waals surface area contributed by atoms with Gasteiger partial charge < -0.3 is 9.84 Å². The number of thioether (sulfide) groups is 1. The van der Waals surface area contributed by atoms with Gasteiger partial charge in [0.15, 0.2) is 5.82 Å². The van der Waals surface area contributed by atoms with Gasteiger partial charge in [0.2, 0.25) is 17.7 Å². The van der Waals surface area contributed by atoms with Crippen LogP contribution in [0.4, 0.5) is 11.4 Å². The van der Waals surface area contributed by atoms with E-state index in [-0.39, 0.29) is 17.6 Å². The van der Waals surface area contributed by atoms with Crippen molar-refractivity contribution in [2.75, 3.05) is 16.0 Å². The van der Waals surface area contributed by atoms with Crippen LogP contribution in [0.1, 0.15) is 32.5 Å². The fourth-order valence-corrected chi connectivity index (χ4v) is 3.39. The molecule has 0 bridgehead atoms. The third-order valence-electron chi connectivity index (χ3n) is 4.03. The average Bonchev–Trinajstić information content (AvgIpc) is 3.03. The topological polar surface area (TPSA) is 88.3 Å². The summed E-state index contributed by atoms with van der Waals surface area (Å²) in [6.45, 7) is 5.43. The number of nitrogens with one attached hydrogen (secondary N) is 1. The first-order chi connectivity index (χ1) is 11.9. The number of aromatic nitrogens is 2. The van der Waals surface area contributed by atoms with E-state index in [1.54, 1.807) is 24.8 Å². The zero-order valence-electron chi connectivity index (χ0n) is 14.4. The molecule has 0 saturated carbocycles. The van der Waals surface area contributed by atoms with E-state index >= 15 is 0 Å². The lowest BCUT2D eigenvalue weighted by molar-refractivity contribution is -0.125. The molecule has 2 aromatic rings. The molecule has 0 aliphatic carbocycles. The van der Waals surface area contributed by atoms with Crippen LogP contribution in [0.2, 0.25) is 0 Å². The van der Waals surface area contributed by atoms with E-state index in [0.717, 1.165) is 0 Å². The minimum Gasteiger partial charge on any atom is -0.339 e. The van der Waals surface area contributed by atoms with E-state index in [0.29, 0.717) is 35.3 Å². The molecule has 1 aliphatic rings. The maximum Gasteiger partial charge on any atom is 0.250 e. The van der Waals surface area contributed by atoms with Crippen LogP contribution in [0.5, 0.6) is 0 Å². The van der Waals surface area contributed by atoms with E-state index in [4.69, 9.17) is 4.52 Å². The number of hydrogen-bond donors (Lipinski definition) is 1. The highest BCUT2D eigenvalue weighted by Gasteiger charge is 2.43. The van der Waals surface area contributed by atoms with Crippen LogP contribution in [-0.4, -0.2) is 33.2 Å². The van der Waals surface area contributed by atoms with Crippen molar-refractivity contribution in [2.24, 2.45) is 0 Å². The van der Waals surface area contributed by atoms with Crippen LogP contribution in [0.3, 0.4) is 0 Å². The number of carbonyl (C=O) groups is 2. The number of nitrogens with zero attached hydrogens (tertiary/aromatic N) is 3. The Labute approximate surface area is 150 Å². The normalized spacial score (nSPS) is 15.6. The minimum absolute atomic E-state index is 0.128. The van der Waals surface area contributed by atoms with Crippen molar-refractivity contribution in [2.45, 2.75) is 38.5 Å². The van der Waals surface area contributed by atoms with Gasteiger partial charge in [0.25, 0.3) is 0 Å². The van der Waals surface area contributed by atoms with Crippen molar-refractivity contribution in [1.29, 1.82) is 0 Å². The molecule has 0 saturated heterocycles. The number of carbonyl (C=O) groups excluding carboxylic acids is 2. The molecule has 0 atom stereocenters. The molecule has 25 heavy (non-hydrogen) atoms. The van der Waals surface area contributed by atoms with Gasteiger partial charge in [-0.05, 0) is 26.0 Å².